The van der Waals surface area contributed by atoms with Gasteiger partial charge in [-0.05, 0) is 62.8 Å². The van der Waals surface area contributed by atoms with Crippen LogP contribution in [0.15, 0.2) is 12.2 Å². The normalized spacial score (nSPS) is 46.5. The summed E-state index contributed by atoms with van der Waals surface area (Å²) in [5.74, 6) is -5.24. The standard InChI is InChI=1S/C34H51N3O12/c1-15-7-19-27(21(39)8-15)30(43)28-20(29(19)42)10-18(47-2)11-22(28)48-33-31(44)32(45)34(46,23(14-38)49-33)12-17(16-5-6-36-24(35)9-16)13-37-25(40)3-4-26(37)41/h3-4,15-24,27-28,31-33,36,38-39,44-46H,5-14,35H2,1-2H3/t15?,16?,17-,18?,19?,20?,21?,22?,23-,24?,27?,28?,31-,32-,33+,34-/m1/s1. The Hall–Kier alpha value is -2.18. The Balaban J connectivity index is 1.23. The third-order valence-corrected chi connectivity index (χ3v) is 12.2. The molecule has 3 aliphatic carbocycles. The number of nitrogens with zero attached hydrogens (tertiary/aromatic N) is 1. The number of nitrogens with two attached hydrogens (primary N) is 1. The molecule has 8 N–H and O–H groups in total. The van der Waals surface area contributed by atoms with Gasteiger partial charge in [-0.25, -0.2) is 0 Å². The average Bonchev–Trinajstić information content (AvgIpc) is 3.38. The van der Waals surface area contributed by atoms with Crippen molar-refractivity contribution in [3.05, 3.63) is 12.2 Å². The number of carbonyl (C=O) groups excluding carboxylic acids is 4. The number of hydrogen-bond acceptors (Lipinski definition) is 14. The number of ether oxygens (including phenoxy) is 3. The average molecular weight is 694 g/mol. The minimum atomic E-state index is -2.25. The molecule has 0 spiro atoms. The minimum Gasteiger partial charge on any atom is -0.394 e. The van der Waals surface area contributed by atoms with Crippen LogP contribution in [-0.4, -0.2) is 135 Å². The van der Waals surface area contributed by atoms with Crippen molar-refractivity contribution in [3.8, 4) is 0 Å². The SMILES string of the molecule is COC1CC(O[C@H]2O[C@H](CO)[C@](O)(C[C@H](CN3C(=O)C=CC3=O)C3CCNC(N)C3)[C@H](O)[C@H]2O)C2C(=O)C3C(O)CC(C)CC3C(=O)C2C1. The van der Waals surface area contributed by atoms with Crippen molar-refractivity contribution in [3.63, 3.8) is 0 Å². The highest BCUT2D eigenvalue weighted by molar-refractivity contribution is 6.12. The number of fused-ring (bicyclic) bond motifs is 2. The van der Waals surface area contributed by atoms with Gasteiger partial charge in [0.15, 0.2) is 6.29 Å². The molecule has 0 bridgehead atoms. The molecule has 6 aliphatic rings. The zero-order valence-electron chi connectivity index (χ0n) is 28.0. The molecular formula is C34H51N3O12. The summed E-state index contributed by atoms with van der Waals surface area (Å²) in [7, 11) is 1.50. The summed E-state index contributed by atoms with van der Waals surface area (Å²) in [6.45, 7) is 1.63. The van der Waals surface area contributed by atoms with E-state index in [-0.39, 0.29) is 49.0 Å². The molecule has 5 fully saturated rings. The van der Waals surface area contributed by atoms with E-state index in [1.54, 1.807) is 0 Å². The summed E-state index contributed by atoms with van der Waals surface area (Å²) in [5.41, 5.74) is 3.92. The van der Waals surface area contributed by atoms with Crippen LogP contribution in [0.5, 0.6) is 0 Å². The molecule has 3 saturated carbocycles. The Morgan fingerprint density at radius 1 is 1.02 bits per heavy atom. The number of carbonyl (C=O) groups is 4. The van der Waals surface area contributed by atoms with E-state index >= 15 is 0 Å². The number of amides is 2. The Morgan fingerprint density at radius 2 is 1.71 bits per heavy atom. The summed E-state index contributed by atoms with van der Waals surface area (Å²) < 4.78 is 17.9. The van der Waals surface area contributed by atoms with Gasteiger partial charge in [-0.2, -0.15) is 0 Å². The first-order valence-electron chi connectivity index (χ1n) is 17.6. The maximum absolute atomic E-state index is 14.0. The van der Waals surface area contributed by atoms with Crippen LogP contribution in [0.1, 0.15) is 51.9 Å². The zero-order chi connectivity index (χ0) is 35.4. The molecule has 15 nitrogen and oxygen atoms in total. The van der Waals surface area contributed by atoms with E-state index < -0.39 is 96.5 Å². The smallest absolute Gasteiger partial charge is 0.253 e. The highest BCUT2D eigenvalue weighted by Crippen LogP contribution is 2.49. The second-order valence-corrected chi connectivity index (χ2v) is 15.2. The van der Waals surface area contributed by atoms with E-state index in [1.807, 2.05) is 6.92 Å². The summed E-state index contributed by atoms with van der Waals surface area (Å²) in [5, 5.41) is 59.5. The van der Waals surface area contributed by atoms with E-state index in [0.717, 1.165) is 17.1 Å². The minimum absolute atomic E-state index is 0.0824. The summed E-state index contributed by atoms with van der Waals surface area (Å²) >= 11 is 0. The number of methoxy groups -OCH3 is 1. The maximum Gasteiger partial charge on any atom is 0.253 e. The van der Waals surface area contributed by atoms with Crippen LogP contribution in [0, 0.1) is 41.4 Å². The fourth-order valence-corrected chi connectivity index (χ4v) is 9.67. The third kappa shape index (κ3) is 6.79. The fraction of sp³-hybridized carbons (Fsp3) is 0.824. The molecular weight excluding hydrogens is 642 g/mol. The Kier molecular flexibility index (Phi) is 10.8. The Bertz CT molecular complexity index is 1290. The first-order valence-corrected chi connectivity index (χ1v) is 17.6. The first kappa shape index (κ1) is 36.6. The lowest BCUT2D eigenvalue weighted by Crippen LogP contribution is -2.69. The number of ketones is 2. The summed E-state index contributed by atoms with van der Waals surface area (Å²) in [4.78, 5) is 53.9. The molecule has 2 amide bonds. The van der Waals surface area contributed by atoms with Crippen LogP contribution in [-0.2, 0) is 33.4 Å². The second-order valence-electron chi connectivity index (χ2n) is 15.2. The molecule has 2 saturated heterocycles. The molecule has 0 radical (unpaired) electrons. The maximum atomic E-state index is 14.0. The Labute approximate surface area is 285 Å². The predicted octanol–water partition coefficient (Wildman–Crippen LogP) is -2.03. The van der Waals surface area contributed by atoms with Crippen LogP contribution < -0.4 is 11.1 Å². The molecule has 3 aliphatic heterocycles. The molecule has 0 aromatic heterocycles. The largest absolute Gasteiger partial charge is 0.394 e. The van der Waals surface area contributed by atoms with Crippen LogP contribution in [0.25, 0.3) is 0 Å². The monoisotopic (exact) mass is 693 g/mol. The number of rotatable bonds is 9. The molecule has 16 atom stereocenters. The first-order chi connectivity index (χ1) is 23.3. The number of aliphatic hydroxyl groups excluding tert-OH is 4. The van der Waals surface area contributed by atoms with Gasteiger partial charge in [0.25, 0.3) is 11.8 Å². The van der Waals surface area contributed by atoms with Gasteiger partial charge in [-0.15, -0.1) is 0 Å². The van der Waals surface area contributed by atoms with Gasteiger partial charge in [0, 0.05) is 44.1 Å². The van der Waals surface area contributed by atoms with E-state index in [4.69, 9.17) is 19.9 Å². The zero-order valence-corrected chi connectivity index (χ0v) is 28.0. The molecule has 6 rings (SSSR count). The Morgan fingerprint density at radius 3 is 2.37 bits per heavy atom. The fourth-order valence-electron chi connectivity index (χ4n) is 9.67. The van der Waals surface area contributed by atoms with Gasteiger partial charge in [-0.3, -0.25) is 24.1 Å². The lowest BCUT2D eigenvalue weighted by molar-refractivity contribution is -0.348. The molecule has 0 aromatic carbocycles. The number of aliphatic hydroxyl groups is 5. The van der Waals surface area contributed by atoms with Gasteiger partial charge >= 0.3 is 0 Å². The third-order valence-electron chi connectivity index (χ3n) is 12.2. The number of nitrogens with one attached hydrogen (secondary N) is 1. The highest BCUT2D eigenvalue weighted by atomic mass is 16.7. The van der Waals surface area contributed by atoms with Gasteiger partial charge in [0.05, 0.1) is 42.9 Å². The number of imide groups is 1. The van der Waals surface area contributed by atoms with Crippen molar-refractivity contribution in [2.75, 3.05) is 26.8 Å². The lowest BCUT2D eigenvalue weighted by Gasteiger charge is -2.53. The van der Waals surface area contributed by atoms with Crippen LogP contribution in [0.4, 0.5) is 0 Å². The number of hydrogen-bond donors (Lipinski definition) is 7. The van der Waals surface area contributed by atoms with E-state index in [9.17, 15) is 44.7 Å². The van der Waals surface area contributed by atoms with E-state index in [2.05, 4.69) is 5.32 Å². The molecule has 274 valence electrons. The molecule has 15 heteroatoms. The van der Waals surface area contributed by atoms with Crippen molar-refractivity contribution < 1.29 is 58.9 Å². The van der Waals surface area contributed by atoms with Gasteiger partial charge in [0.1, 0.15) is 35.5 Å². The topological polar surface area (TPSA) is 238 Å². The predicted molar refractivity (Wildman–Crippen MR) is 169 cm³/mol. The summed E-state index contributed by atoms with van der Waals surface area (Å²) in [6, 6.07) is 0. The highest BCUT2D eigenvalue weighted by Gasteiger charge is 2.61. The lowest BCUT2D eigenvalue weighted by atomic mass is 9.55. The van der Waals surface area contributed by atoms with Crippen LogP contribution >= 0.6 is 0 Å². The number of Topliss-reactive ketones (excluding diaryl/α,β-unsaturated/α-hetero) is 2. The van der Waals surface area contributed by atoms with Gasteiger partial charge in [-0.1, -0.05) is 6.92 Å². The number of piperidine rings is 1. The van der Waals surface area contributed by atoms with Crippen molar-refractivity contribution in [1.82, 2.24) is 10.2 Å². The second kappa shape index (κ2) is 14.4. The molecule has 0 aromatic rings. The van der Waals surface area contributed by atoms with Crippen LogP contribution in [0.2, 0.25) is 0 Å². The van der Waals surface area contributed by atoms with Gasteiger partial charge in [0.2, 0.25) is 0 Å². The molecule has 3 heterocycles. The molecule has 49 heavy (non-hydrogen) atoms. The van der Waals surface area contributed by atoms with Crippen LogP contribution in [0.3, 0.4) is 0 Å². The quantitative estimate of drug-likeness (QED) is 0.129. The van der Waals surface area contributed by atoms with Crippen molar-refractivity contribution in [1.29, 1.82) is 0 Å². The van der Waals surface area contributed by atoms with Crippen molar-refractivity contribution in [2.24, 2.45) is 47.2 Å². The van der Waals surface area contributed by atoms with E-state index in [0.29, 0.717) is 38.6 Å². The van der Waals surface area contributed by atoms with Crippen molar-refractivity contribution in [2.45, 2.75) is 107 Å². The summed E-state index contributed by atoms with van der Waals surface area (Å²) in [6.07, 6.45) is -5.17. The van der Waals surface area contributed by atoms with Crippen molar-refractivity contribution >= 4 is 23.4 Å². The molecule has 10 unspecified atom stereocenters. The van der Waals surface area contributed by atoms with E-state index in [1.165, 1.54) is 7.11 Å². The van der Waals surface area contributed by atoms with Gasteiger partial charge < -0.3 is 50.8 Å².